The lowest BCUT2D eigenvalue weighted by atomic mass is 10.0. The number of esters is 1. The van der Waals surface area contributed by atoms with Crippen molar-refractivity contribution in [2.45, 2.75) is 27.7 Å². The Kier molecular flexibility index (Phi) is 7.06. The third kappa shape index (κ3) is 4.71. The van der Waals surface area contributed by atoms with Crippen LogP contribution in [-0.2, 0) is 14.3 Å². The van der Waals surface area contributed by atoms with Crippen molar-refractivity contribution < 1.29 is 14.3 Å². The number of rotatable bonds is 7. The summed E-state index contributed by atoms with van der Waals surface area (Å²) < 4.78 is 6.95. The molecule has 0 aliphatic rings. The van der Waals surface area contributed by atoms with Gasteiger partial charge in [-0.25, -0.2) is 4.79 Å². The summed E-state index contributed by atoms with van der Waals surface area (Å²) in [4.78, 5) is 24.2. The van der Waals surface area contributed by atoms with Crippen molar-refractivity contribution in [2.24, 2.45) is 5.92 Å². The van der Waals surface area contributed by atoms with Crippen LogP contribution in [0.1, 0.15) is 29.4 Å². The number of para-hydroxylation sites is 1. The summed E-state index contributed by atoms with van der Waals surface area (Å²) >= 11 is 0. The lowest BCUT2D eigenvalue weighted by Crippen LogP contribution is -2.25. The number of hydrogen-bond donors (Lipinski definition) is 1. The van der Waals surface area contributed by atoms with E-state index in [-0.39, 0.29) is 11.3 Å². The summed E-state index contributed by atoms with van der Waals surface area (Å²) in [6, 6.07) is 13.3. The lowest BCUT2D eigenvalue weighted by Gasteiger charge is -2.12. The van der Waals surface area contributed by atoms with Crippen LogP contribution < -0.4 is 0 Å². The van der Waals surface area contributed by atoms with E-state index in [1.807, 2.05) is 55.7 Å². The molecule has 0 bridgehead atoms. The molecule has 0 aliphatic carbocycles. The molecular formula is C23H22N4O3. The molecule has 152 valence electrons. The number of ketones is 1. The van der Waals surface area contributed by atoms with Crippen molar-refractivity contribution in [3.63, 3.8) is 0 Å². The number of nitrogens with one attached hydrogen (secondary N) is 1. The molecule has 7 nitrogen and oxygen atoms in total. The Bertz CT molecular complexity index is 1130. The first-order valence-corrected chi connectivity index (χ1v) is 9.22. The van der Waals surface area contributed by atoms with Gasteiger partial charge in [0, 0.05) is 22.8 Å². The quantitative estimate of drug-likeness (QED) is 0.328. The number of ether oxygens (including phenoxy) is 1. The van der Waals surface area contributed by atoms with Crippen LogP contribution >= 0.6 is 0 Å². The van der Waals surface area contributed by atoms with E-state index in [0.29, 0.717) is 5.56 Å². The predicted molar refractivity (Wildman–Crippen MR) is 112 cm³/mol. The lowest BCUT2D eigenvalue weighted by molar-refractivity contribution is -0.143. The van der Waals surface area contributed by atoms with Gasteiger partial charge in [0.2, 0.25) is 0 Å². The molecule has 0 fully saturated rings. The van der Waals surface area contributed by atoms with Crippen molar-refractivity contribution in [1.82, 2.24) is 4.57 Å². The Balaban J connectivity index is 2.28. The summed E-state index contributed by atoms with van der Waals surface area (Å²) in [5.74, 6) is -2.92. The Morgan fingerprint density at radius 3 is 2.47 bits per heavy atom. The minimum atomic E-state index is -1.26. The Morgan fingerprint density at radius 2 is 1.90 bits per heavy atom. The van der Waals surface area contributed by atoms with Gasteiger partial charge >= 0.3 is 5.97 Å². The van der Waals surface area contributed by atoms with Crippen LogP contribution in [-0.4, -0.2) is 28.6 Å². The molecule has 0 saturated heterocycles. The highest BCUT2D eigenvalue weighted by molar-refractivity contribution is 6.06. The second kappa shape index (κ2) is 9.49. The minimum Gasteiger partial charge on any atom is -0.453 e. The number of aryl methyl sites for hydroxylation is 2. The molecule has 2 aromatic rings. The topological polar surface area (TPSA) is 120 Å². The van der Waals surface area contributed by atoms with Gasteiger partial charge in [0.25, 0.3) is 0 Å². The number of carbonyl (C=O) groups is 2. The number of nitrogens with zero attached hydrogens (tertiary/aromatic N) is 3. The fourth-order valence-corrected chi connectivity index (χ4v) is 3.12. The zero-order valence-electron chi connectivity index (χ0n) is 17.3. The summed E-state index contributed by atoms with van der Waals surface area (Å²) in [5, 5.41) is 25.8. The fraction of sp³-hybridized carbons (Fsp3) is 0.261. The highest BCUT2D eigenvalue weighted by Gasteiger charge is 2.23. The number of Topliss-reactive ketones (excluding diaryl/α,β-unsaturated/α-hetero) is 1. The van der Waals surface area contributed by atoms with Crippen LogP contribution in [0.25, 0.3) is 11.8 Å². The molecule has 1 heterocycles. The highest BCUT2D eigenvalue weighted by atomic mass is 16.5. The van der Waals surface area contributed by atoms with Crippen LogP contribution in [0.3, 0.4) is 0 Å². The van der Waals surface area contributed by atoms with Crippen LogP contribution in [0.15, 0.2) is 35.9 Å². The van der Waals surface area contributed by atoms with Crippen molar-refractivity contribution in [1.29, 1.82) is 15.9 Å². The maximum atomic E-state index is 12.3. The molecule has 0 unspecified atom stereocenters. The molecule has 1 aromatic heterocycles. The second-order valence-corrected chi connectivity index (χ2v) is 6.91. The zero-order chi connectivity index (χ0) is 22.4. The third-order valence-corrected chi connectivity index (χ3v) is 4.70. The molecule has 7 heteroatoms. The maximum Gasteiger partial charge on any atom is 0.349 e. The largest absolute Gasteiger partial charge is 0.453 e. The second-order valence-electron chi connectivity index (χ2n) is 6.91. The zero-order valence-corrected chi connectivity index (χ0v) is 17.3. The van der Waals surface area contributed by atoms with Crippen LogP contribution in [0.5, 0.6) is 0 Å². The van der Waals surface area contributed by atoms with E-state index in [4.69, 9.17) is 15.4 Å². The molecule has 1 atom stereocenters. The van der Waals surface area contributed by atoms with Gasteiger partial charge < -0.3 is 14.7 Å². The number of hydrogen-bond acceptors (Lipinski definition) is 6. The van der Waals surface area contributed by atoms with E-state index in [1.165, 1.54) is 13.0 Å². The molecule has 0 radical (unpaired) electrons. The van der Waals surface area contributed by atoms with Gasteiger partial charge in [-0.2, -0.15) is 10.5 Å². The highest BCUT2D eigenvalue weighted by Crippen LogP contribution is 2.25. The summed E-state index contributed by atoms with van der Waals surface area (Å²) in [6.07, 6.45) is 1.42. The standard InChI is InChI=1S/C23H22N4O3/c1-14-7-5-6-8-21(14)27-15(2)9-18(17(27)4)10-19(11-24)23(29)30-13-22(28)20(12-25)16(3)26/h5-10,20,26H,13H2,1-4H3/b19-10+,26-16?/t20-/m1/s1. The maximum absolute atomic E-state index is 12.3. The van der Waals surface area contributed by atoms with Gasteiger partial charge in [-0.15, -0.1) is 0 Å². The first kappa shape index (κ1) is 22.3. The van der Waals surface area contributed by atoms with Gasteiger partial charge in [-0.3, -0.25) is 4.79 Å². The molecule has 30 heavy (non-hydrogen) atoms. The average molecular weight is 402 g/mol. The summed E-state index contributed by atoms with van der Waals surface area (Å²) in [7, 11) is 0. The van der Waals surface area contributed by atoms with Crippen molar-refractivity contribution in [3.8, 4) is 17.8 Å². The van der Waals surface area contributed by atoms with Crippen molar-refractivity contribution in [2.75, 3.05) is 6.61 Å². The van der Waals surface area contributed by atoms with E-state index in [2.05, 4.69) is 0 Å². The summed E-state index contributed by atoms with van der Waals surface area (Å²) in [6.45, 7) is 6.48. The molecule has 0 amide bonds. The van der Waals surface area contributed by atoms with E-state index in [9.17, 15) is 14.9 Å². The molecule has 1 aromatic carbocycles. The van der Waals surface area contributed by atoms with E-state index >= 15 is 0 Å². The molecule has 0 aliphatic heterocycles. The number of aromatic nitrogens is 1. The molecule has 2 rings (SSSR count). The predicted octanol–water partition coefficient (Wildman–Crippen LogP) is 3.60. The van der Waals surface area contributed by atoms with Gasteiger partial charge in [0.15, 0.2) is 12.4 Å². The Morgan fingerprint density at radius 1 is 1.23 bits per heavy atom. The van der Waals surface area contributed by atoms with Crippen molar-refractivity contribution >= 4 is 23.5 Å². The van der Waals surface area contributed by atoms with Crippen LogP contribution in [0, 0.1) is 54.8 Å². The normalized spacial score (nSPS) is 11.9. The molecule has 0 saturated carbocycles. The smallest absolute Gasteiger partial charge is 0.349 e. The van der Waals surface area contributed by atoms with Gasteiger partial charge in [0.1, 0.15) is 17.6 Å². The molecule has 1 N–H and O–H groups in total. The number of nitriles is 2. The summed E-state index contributed by atoms with van der Waals surface area (Å²) in [5.41, 5.74) is 4.17. The van der Waals surface area contributed by atoms with E-state index in [0.717, 1.165) is 22.6 Å². The first-order chi connectivity index (χ1) is 14.2. The first-order valence-electron chi connectivity index (χ1n) is 9.22. The van der Waals surface area contributed by atoms with Crippen LogP contribution in [0.4, 0.5) is 0 Å². The van der Waals surface area contributed by atoms with Crippen LogP contribution in [0.2, 0.25) is 0 Å². The van der Waals surface area contributed by atoms with E-state index < -0.39 is 24.3 Å². The Hall–Kier alpha value is -3.97. The van der Waals surface area contributed by atoms with Gasteiger partial charge in [0.05, 0.1) is 6.07 Å². The molecular weight excluding hydrogens is 380 g/mol. The number of carbonyl (C=O) groups excluding carboxylic acids is 2. The third-order valence-electron chi connectivity index (χ3n) is 4.70. The monoisotopic (exact) mass is 402 g/mol. The van der Waals surface area contributed by atoms with Gasteiger partial charge in [-0.1, -0.05) is 18.2 Å². The average Bonchev–Trinajstić information content (AvgIpc) is 2.98. The Labute approximate surface area is 175 Å². The SMILES string of the molecule is CC(=N)[C@@H](C#N)C(=O)COC(=O)/C(C#N)=C/c1cc(C)n(-c2ccccc2C)c1C. The molecule has 0 spiro atoms. The fourth-order valence-electron chi connectivity index (χ4n) is 3.12. The number of benzene rings is 1. The van der Waals surface area contributed by atoms with E-state index in [1.54, 1.807) is 12.1 Å². The van der Waals surface area contributed by atoms with Crippen molar-refractivity contribution in [3.05, 3.63) is 58.4 Å². The van der Waals surface area contributed by atoms with Gasteiger partial charge in [-0.05, 0) is 57.0 Å². The minimum absolute atomic E-state index is 0.127.